The highest BCUT2D eigenvalue weighted by Crippen LogP contribution is 2.42. The second kappa shape index (κ2) is 5.40. The quantitative estimate of drug-likeness (QED) is 0.863. The molecule has 1 saturated carbocycles. The third kappa shape index (κ3) is 3.11. The molecule has 1 aromatic carbocycles. The predicted molar refractivity (Wildman–Crippen MR) is 73.8 cm³/mol. The van der Waals surface area contributed by atoms with Gasteiger partial charge in [0, 0.05) is 6.04 Å². The Morgan fingerprint density at radius 2 is 2.17 bits per heavy atom. The number of hydrogen-bond donors (Lipinski definition) is 1. The first-order valence-electron chi connectivity index (χ1n) is 6.99. The van der Waals surface area contributed by atoms with Gasteiger partial charge >= 0.3 is 0 Å². The van der Waals surface area contributed by atoms with Crippen LogP contribution in [0.3, 0.4) is 0 Å². The van der Waals surface area contributed by atoms with Gasteiger partial charge in [-0.05, 0) is 48.3 Å². The van der Waals surface area contributed by atoms with Crippen LogP contribution in [0.5, 0.6) is 0 Å². The molecule has 18 heavy (non-hydrogen) atoms. The van der Waals surface area contributed by atoms with E-state index in [1.54, 1.807) is 12.1 Å². The number of benzene rings is 1. The molecule has 1 aliphatic carbocycles. The van der Waals surface area contributed by atoms with Crippen LogP contribution in [0.15, 0.2) is 24.3 Å². The Bertz CT molecular complexity index is 400. The molecule has 0 radical (unpaired) electrons. The fraction of sp³-hybridized carbons (Fsp3) is 0.625. The summed E-state index contributed by atoms with van der Waals surface area (Å²) in [5.74, 6) is 0.386. The maximum atomic E-state index is 13.2. The van der Waals surface area contributed by atoms with Gasteiger partial charge in [0.05, 0.1) is 0 Å². The van der Waals surface area contributed by atoms with Gasteiger partial charge in [-0.3, -0.25) is 0 Å². The van der Waals surface area contributed by atoms with Crippen LogP contribution in [0.2, 0.25) is 0 Å². The fourth-order valence-electron chi connectivity index (χ4n) is 3.39. The number of hydrogen-bond acceptors (Lipinski definition) is 1. The molecule has 1 nitrogen and oxygen atoms in total. The van der Waals surface area contributed by atoms with Crippen molar-refractivity contribution in [3.05, 3.63) is 35.6 Å². The zero-order valence-corrected chi connectivity index (χ0v) is 11.5. The Morgan fingerprint density at radius 3 is 2.83 bits per heavy atom. The van der Waals surface area contributed by atoms with Crippen LogP contribution in [-0.4, -0.2) is 6.04 Å². The lowest BCUT2D eigenvalue weighted by molar-refractivity contribution is 0.112. The lowest BCUT2D eigenvalue weighted by Crippen LogP contribution is -2.43. The van der Waals surface area contributed by atoms with Crippen molar-refractivity contribution in [1.82, 2.24) is 0 Å². The molecular formula is C16H24FN. The second-order valence-corrected chi connectivity index (χ2v) is 6.34. The molecule has 2 unspecified atom stereocenters. The van der Waals surface area contributed by atoms with Crippen LogP contribution in [0, 0.1) is 17.2 Å². The molecule has 2 N–H and O–H groups in total. The highest BCUT2D eigenvalue weighted by molar-refractivity contribution is 5.17. The molecule has 0 heterocycles. The smallest absolute Gasteiger partial charge is 0.123 e. The summed E-state index contributed by atoms with van der Waals surface area (Å²) in [5, 5.41) is 0. The lowest BCUT2D eigenvalue weighted by Gasteiger charge is -2.42. The first-order valence-corrected chi connectivity index (χ1v) is 6.99. The van der Waals surface area contributed by atoms with Crippen LogP contribution in [-0.2, 0) is 6.42 Å². The largest absolute Gasteiger partial charge is 0.327 e. The van der Waals surface area contributed by atoms with Crippen molar-refractivity contribution in [2.75, 3.05) is 0 Å². The minimum atomic E-state index is -0.164. The molecule has 2 rings (SSSR count). The van der Waals surface area contributed by atoms with Crippen LogP contribution in [0.4, 0.5) is 4.39 Å². The van der Waals surface area contributed by atoms with Crippen molar-refractivity contribution in [2.24, 2.45) is 17.1 Å². The Balaban J connectivity index is 2.05. The molecule has 0 bridgehead atoms. The van der Waals surface area contributed by atoms with Gasteiger partial charge in [-0.2, -0.15) is 0 Å². The molecule has 1 fully saturated rings. The summed E-state index contributed by atoms with van der Waals surface area (Å²) in [6.45, 7) is 4.64. The molecule has 1 aliphatic rings. The van der Waals surface area contributed by atoms with E-state index in [-0.39, 0.29) is 11.9 Å². The van der Waals surface area contributed by atoms with Crippen LogP contribution < -0.4 is 5.73 Å². The first-order chi connectivity index (χ1) is 8.49. The van der Waals surface area contributed by atoms with Gasteiger partial charge < -0.3 is 5.73 Å². The van der Waals surface area contributed by atoms with Gasteiger partial charge in [-0.1, -0.05) is 38.8 Å². The summed E-state index contributed by atoms with van der Waals surface area (Å²) in [6, 6.07) is 6.97. The number of rotatable bonds is 3. The molecule has 100 valence electrons. The molecule has 0 aromatic heterocycles. The van der Waals surface area contributed by atoms with Crippen molar-refractivity contribution in [3.63, 3.8) is 0 Å². The Morgan fingerprint density at radius 1 is 1.39 bits per heavy atom. The minimum Gasteiger partial charge on any atom is -0.327 e. The molecule has 0 amide bonds. The molecule has 0 spiro atoms. The number of nitrogens with two attached hydrogens (primary N) is 1. The van der Waals surface area contributed by atoms with Gasteiger partial charge in [0.15, 0.2) is 0 Å². The molecule has 0 aliphatic heterocycles. The zero-order chi connectivity index (χ0) is 13.2. The first kappa shape index (κ1) is 13.5. The van der Waals surface area contributed by atoms with E-state index in [1.165, 1.54) is 31.7 Å². The van der Waals surface area contributed by atoms with Gasteiger partial charge in [0.2, 0.25) is 0 Å². The van der Waals surface area contributed by atoms with Crippen molar-refractivity contribution < 1.29 is 4.39 Å². The summed E-state index contributed by atoms with van der Waals surface area (Å²) in [6.07, 6.45) is 5.85. The predicted octanol–water partition coefficient (Wildman–Crippen LogP) is 3.91. The lowest BCUT2D eigenvalue weighted by atomic mass is 9.65. The van der Waals surface area contributed by atoms with E-state index in [0.717, 1.165) is 12.0 Å². The van der Waals surface area contributed by atoms with Crippen molar-refractivity contribution in [2.45, 2.75) is 52.0 Å². The molecule has 2 atom stereocenters. The zero-order valence-electron chi connectivity index (χ0n) is 11.5. The van der Waals surface area contributed by atoms with Gasteiger partial charge in [-0.15, -0.1) is 0 Å². The van der Waals surface area contributed by atoms with E-state index in [9.17, 15) is 4.39 Å². The Hall–Kier alpha value is -0.890. The second-order valence-electron chi connectivity index (χ2n) is 6.34. The van der Waals surface area contributed by atoms with Crippen molar-refractivity contribution in [1.29, 1.82) is 0 Å². The molecule has 0 saturated heterocycles. The van der Waals surface area contributed by atoms with Crippen LogP contribution in [0.1, 0.15) is 45.1 Å². The van der Waals surface area contributed by atoms with E-state index in [0.29, 0.717) is 11.3 Å². The van der Waals surface area contributed by atoms with Crippen LogP contribution >= 0.6 is 0 Å². The SMILES string of the molecule is CC1(C)CCCCC1C(N)Cc1cccc(F)c1. The topological polar surface area (TPSA) is 26.0 Å². The highest BCUT2D eigenvalue weighted by Gasteiger charge is 2.35. The Kier molecular flexibility index (Phi) is 4.06. The summed E-state index contributed by atoms with van der Waals surface area (Å²) < 4.78 is 13.2. The van der Waals surface area contributed by atoms with E-state index in [2.05, 4.69) is 13.8 Å². The van der Waals surface area contributed by atoms with Gasteiger partial charge in [0.25, 0.3) is 0 Å². The molecular weight excluding hydrogens is 225 g/mol. The maximum absolute atomic E-state index is 13.2. The van der Waals surface area contributed by atoms with E-state index >= 15 is 0 Å². The van der Waals surface area contributed by atoms with E-state index in [1.807, 2.05) is 6.07 Å². The minimum absolute atomic E-state index is 0.141. The average molecular weight is 249 g/mol. The molecule has 2 heteroatoms. The number of halogens is 1. The summed E-state index contributed by atoms with van der Waals surface area (Å²) in [4.78, 5) is 0. The van der Waals surface area contributed by atoms with Crippen molar-refractivity contribution >= 4 is 0 Å². The summed E-state index contributed by atoms with van der Waals surface area (Å²) in [5.41, 5.74) is 7.73. The summed E-state index contributed by atoms with van der Waals surface area (Å²) in [7, 11) is 0. The average Bonchev–Trinajstić information content (AvgIpc) is 2.28. The van der Waals surface area contributed by atoms with Gasteiger partial charge in [-0.25, -0.2) is 4.39 Å². The fourth-order valence-corrected chi connectivity index (χ4v) is 3.39. The van der Waals surface area contributed by atoms with Crippen LogP contribution in [0.25, 0.3) is 0 Å². The standard InChI is InChI=1S/C16H24FN/c1-16(2)9-4-3-8-14(16)15(18)11-12-6-5-7-13(17)10-12/h5-7,10,14-15H,3-4,8-9,11,18H2,1-2H3. The monoisotopic (exact) mass is 249 g/mol. The maximum Gasteiger partial charge on any atom is 0.123 e. The Labute approximate surface area is 110 Å². The van der Waals surface area contributed by atoms with E-state index < -0.39 is 0 Å². The third-order valence-electron chi connectivity index (χ3n) is 4.47. The van der Waals surface area contributed by atoms with Gasteiger partial charge in [0.1, 0.15) is 5.82 Å². The third-order valence-corrected chi connectivity index (χ3v) is 4.47. The summed E-state index contributed by atoms with van der Waals surface area (Å²) >= 11 is 0. The van der Waals surface area contributed by atoms with E-state index in [4.69, 9.17) is 5.73 Å². The molecule has 1 aromatic rings. The van der Waals surface area contributed by atoms with Crippen molar-refractivity contribution in [3.8, 4) is 0 Å². The highest BCUT2D eigenvalue weighted by atomic mass is 19.1. The normalized spacial score (nSPS) is 24.8.